The lowest BCUT2D eigenvalue weighted by Crippen LogP contribution is -2.37. The Morgan fingerprint density at radius 1 is 1.33 bits per heavy atom. The molecule has 0 spiro atoms. The predicted molar refractivity (Wildman–Crippen MR) is 76.3 cm³/mol. The molecule has 1 aromatic rings. The molecule has 2 aliphatic rings. The van der Waals surface area contributed by atoms with E-state index in [9.17, 15) is 8.42 Å². The standard InChI is InChI=1S/C12H16BrNO2S2/c1-7-6-10(17-12(7)13)18(15,16)14-11(8-2-3-8)9-4-5-9/h6,8-9,11,14H,2-5H2,1H3. The number of nitrogens with one attached hydrogen (secondary N) is 1. The second kappa shape index (κ2) is 4.58. The third-order valence-electron chi connectivity index (χ3n) is 3.65. The van der Waals surface area contributed by atoms with Crippen LogP contribution in [0.4, 0.5) is 0 Å². The predicted octanol–water partition coefficient (Wildman–Crippen LogP) is 3.29. The Balaban J connectivity index is 1.81. The van der Waals surface area contributed by atoms with Gasteiger partial charge in [0.1, 0.15) is 4.21 Å². The van der Waals surface area contributed by atoms with Gasteiger partial charge in [-0.3, -0.25) is 0 Å². The first-order valence-electron chi connectivity index (χ1n) is 6.25. The highest BCUT2D eigenvalue weighted by Crippen LogP contribution is 2.45. The summed E-state index contributed by atoms with van der Waals surface area (Å²) in [6.07, 6.45) is 4.71. The summed E-state index contributed by atoms with van der Waals surface area (Å²) >= 11 is 4.68. The molecule has 2 saturated carbocycles. The molecular weight excluding hydrogens is 334 g/mol. The number of sulfonamides is 1. The van der Waals surface area contributed by atoms with Crippen molar-refractivity contribution in [3.8, 4) is 0 Å². The van der Waals surface area contributed by atoms with Crippen LogP contribution in [0.3, 0.4) is 0 Å². The topological polar surface area (TPSA) is 46.2 Å². The highest BCUT2D eigenvalue weighted by Gasteiger charge is 2.43. The molecule has 0 amide bonds. The van der Waals surface area contributed by atoms with E-state index in [-0.39, 0.29) is 6.04 Å². The second-order valence-electron chi connectivity index (χ2n) is 5.34. The van der Waals surface area contributed by atoms with Crippen molar-refractivity contribution in [2.45, 2.75) is 42.9 Å². The molecule has 2 aliphatic carbocycles. The number of hydrogen-bond donors (Lipinski definition) is 1. The summed E-state index contributed by atoms with van der Waals surface area (Å²) in [4.78, 5) is 0. The highest BCUT2D eigenvalue weighted by molar-refractivity contribution is 9.11. The van der Waals surface area contributed by atoms with Gasteiger partial charge in [0, 0.05) is 6.04 Å². The highest BCUT2D eigenvalue weighted by atomic mass is 79.9. The number of thiophene rings is 1. The lowest BCUT2D eigenvalue weighted by Gasteiger charge is -2.16. The van der Waals surface area contributed by atoms with E-state index in [0.29, 0.717) is 16.0 Å². The third-order valence-corrected chi connectivity index (χ3v) is 7.72. The molecule has 0 bridgehead atoms. The van der Waals surface area contributed by atoms with E-state index >= 15 is 0 Å². The minimum atomic E-state index is -3.33. The largest absolute Gasteiger partial charge is 0.250 e. The van der Waals surface area contributed by atoms with E-state index in [1.165, 1.54) is 37.0 Å². The van der Waals surface area contributed by atoms with Crippen LogP contribution < -0.4 is 4.72 Å². The average Bonchev–Trinajstić information content (AvgIpc) is 3.18. The average molecular weight is 350 g/mol. The smallest absolute Gasteiger partial charge is 0.207 e. The molecule has 3 rings (SSSR count). The molecule has 0 aromatic carbocycles. The first kappa shape index (κ1) is 13.1. The van der Waals surface area contributed by atoms with Crippen molar-refractivity contribution < 1.29 is 8.42 Å². The zero-order chi connectivity index (χ0) is 12.9. The number of rotatable bonds is 5. The molecule has 100 valence electrons. The van der Waals surface area contributed by atoms with Crippen LogP contribution >= 0.6 is 27.3 Å². The number of aryl methyl sites for hydroxylation is 1. The lowest BCUT2D eigenvalue weighted by molar-refractivity contribution is 0.472. The van der Waals surface area contributed by atoms with E-state index in [1.54, 1.807) is 6.07 Å². The van der Waals surface area contributed by atoms with Gasteiger partial charge < -0.3 is 0 Å². The molecule has 1 aromatic heterocycles. The van der Waals surface area contributed by atoms with Crippen LogP contribution in [-0.4, -0.2) is 14.5 Å². The quantitative estimate of drug-likeness (QED) is 0.886. The monoisotopic (exact) mass is 349 g/mol. The maximum atomic E-state index is 12.4. The molecule has 18 heavy (non-hydrogen) atoms. The molecule has 0 radical (unpaired) electrons. The molecule has 0 unspecified atom stereocenters. The Morgan fingerprint density at radius 2 is 1.89 bits per heavy atom. The van der Waals surface area contributed by atoms with Crippen molar-refractivity contribution in [1.82, 2.24) is 4.72 Å². The SMILES string of the molecule is Cc1cc(S(=O)(=O)NC(C2CC2)C2CC2)sc1Br. The van der Waals surface area contributed by atoms with Gasteiger partial charge >= 0.3 is 0 Å². The summed E-state index contributed by atoms with van der Waals surface area (Å²) in [5, 5.41) is 0. The molecule has 1 heterocycles. The fraction of sp³-hybridized carbons (Fsp3) is 0.667. The van der Waals surface area contributed by atoms with E-state index in [4.69, 9.17) is 0 Å². The lowest BCUT2D eigenvalue weighted by atomic mass is 10.1. The molecule has 0 atom stereocenters. The van der Waals surface area contributed by atoms with Crippen LogP contribution in [0.5, 0.6) is 0 Å². The van der Waals surface area contributed by atoms with Crippen LogP contribution in [0.1, 0.15) is 31.2 Å². The zero-order valence-corrected chi connectivity index (χ0v) is 13.4. The maximum absolute atomic E-state index is 12.4. The van der Waals surface area contributed by atoms with E-state index in [0.717, 1.165) is 9.35 Å². The molecule has 0 aliphatic heterocycles. The fourth-order valence-electron chi connectivity index (χ4n) is 2.29. The summed E-state index contributed by atoms with van der Waals surface area (Å²) in [6, 6.07) is 1.92. The summed E-state index contributed by atoms with van der Waals surface area (Å²) in [7, 11) is -3.33. The van der Waals surface area contributed by atoms with Crippen molar-refractivity contribution in [3.05, 3.63) is 15.4 Å². The van der Waals surface area contributed by atoms with Gasteiger partial charge in [0.25, 0.3) is 0 Å². The van der Waals surface area contributed by atoms with E-state index in [1.807, 2.05) is 6.92 Å². The zero-order valence-electron chi connectivity index (χ0n) is 10.1. The van der Waals surface area contributed by atoms with E-state index < -0.39 is 10.0 Å². The number of hydrogen-bond acceptors (Lipinski definition) is 3. The maximum Gasteiger partial charge on any atom is 0.250 e. The molecule has 0 saturated heterocycles. The van der Waals surface area contributed by atoms with Crippen LogP contribution in [-0.2, 0) is 10.0 Å². The summed E-state index contributed by atoms with van der Waals surface area (Å²) < 4.78 is 29.0. The van der Waals surface area contributed by atoms with Gasteiger partial charge in [0.15, 0.2) is 0 Å². The minimum absolute atomic E-state index is 0.177. The Hall–Kier alpha value is 0.0900. The molecule has 1 N–H and O–H groups in total. The van der Waals surface area contributed by atoms with Crippen molar-refractivity contribution in [3.63, 3.8) is 0 Å². The van der Waals surface area contributed by atoms with Crippen LogP contribution in [0.2, 0.25) is 0 Å². The Bertz CT molecular complexity index is 527. The minimum Gasteiger partial charge on any atom is -0.207 e. The van der Waals surface area contributed by atoms with Gasteiger partial charge in [-0.25, -0.2) is 13.1 Å². The van der Waals surface area contributed by atoms with Gasteiger partial charge in [-0.2, -0.15) is 0 Å². The summed E-state index contributed by atoms with van der Waals surface area (Å²) in [5.41, 5.74) is 0.981. The first-order chi connectivity index (χ1) is 8.47. The number of halogens is 1. The second-order valence-corrected chi connectivity index (χ2v) is 9.66. The Morgan fingerprint density at radius 3 is 2.28 bits per heavy atom. The van der Waals surface area contributed by atoms with Crippen molar-refractivity contribution in [2.24, 2.45) is 11.8 Å². The van der Waals surface area contributed by atoms with Gasteiger partial charge in [0.2, 0.25) is 10.0 Å². The normalized spacial score (nSPS) is 20.6. The van der Waals surface area contributed by atoms with Crippen molar-refractivity contribution in [1.29, 1.82) is 0 Å². The fourth-order valence-corrected chi connectivity index (χ4v) is 5.91. The van der Waals surface area contributed by atoms with Crippen LogP contribution in [0, 0.1) is 18.8 Å². The molecule has 2 fully saturated rings. The molecule has 6 heteroatoms. The van der Waals surface area contributed by atoms with Gasteiger partial charge in [-0.15, -0.1) is 11.3 Å². The molecular formula is C12H16BrNO2S2. The van der Waals surface area contributed by atoms with Crippen molar-refractivity contribution in [2.75, 3.05) is 0 Å². The first-order valence-corrected chi connectivity index (χ1v) is 9.35. The molecule has 3 nitrogen and oxygen atoms in total. The summed E-state index contributed by atoms with van der Waals surface area (Å²) in [6.45, 7) is 1.92. The van der Waals surface area contributed by atoms with Gasteiger partial charge in [-0.05, 0) is 72.0 Å². The van der Waals surface area contributed by atoms with E-state index in [2.05, 4.69) is 20.7 Å². The summed E-state index contributed by atoms with van der Waals surface area (Å²) in [5.74, 6) is 1.16. The van der Waals surface area contributed by atoms with Gasteiger partial charge in [-0.1, -0.05) is 0 Å². The Labute approximate surface area is 120 Å². The van der Waals surface area contributed by atoms with Crippen LogP contribution in [0.25, 0.3) is 0 Å². The van der Waals surface area contributed by atoms with Gasteiger partial charge in [0.05, 0.1) is 3.79 Å². The van der Waals surface area contributed by atoms with Crippen LogP contribution in [0.15, 0.2) is 14.1 Å². The van der Waals surface area contributed by atoms with Crippen molar-refractivity contribution >= 4 is 37.3 Å². The Kier molecular flexibility index (Phi) is 3.33. The third kappa shape index (κ3) is 2.66.